The van der Waals surface area contributed by atoms with Gasteiger partial charge in [-0.25, -0.2) is 0 Å². The third-order valence-corrected chi connectivity index (χ3v) is 4.78. The summed E-state index contributed by atoms with van der Waals surface area (Å²) in [6.45, 7) is 0. The van der Waals surface area contributed by atoms with E-state index in [2.05, 4.69) is 22.8 Å². The van der Waals surface area contributed by atoms with Crippen molar-refractivity contribution in [2.45, 2.75) is 31.7 Å². The highest BCUT2D eigenvalue weighted by atomic mass is 16.2. The van der Waals surface area contributed by atoms with Crippen molar-refractivity contribution < 1.29 is 9.59 Å². The quantitative estimate of drug-likeness (QED) is 0.703. The molecule has 4 heteroatoms. The maximum Gasteiger partial charge on any atom is 0.228 e. The molecule has 2 N–H and O–H groups in total. The molecule has 136 valence electrons. The summed E-state index contributed by atoms with van der Waals surface area (Å²) < 4.78 is 0. The smallest absolute Gasteiger partial charge is 0.228 e. The van der Waals surface area contributed by atoms with Gasteiger partial charge in [0.1, 0.15) is 0 Å². The molecule has 0 bridgehead atoms. The van der Waals surface area contributed by atoms with E-state index < -0.39 is 0 Å². The van der Waals surface area contributed by atoms with E-state index >= 15 is 0 Å². The van der Waals surface area contributed by atoms with E-state index in [0.29, 0.717) is 18.9 Å². The number of benzene rings is 3. The summed E-state index contributed by atoms with van der Waals surface area (Å²) in [5.41, 5.74) is 2.70. The second-order valence-corrected chi connectivity index (χ2v) is 7.08. The first-order valence-electron chi connectivity index (χ1n) is 9.32. The number of hydrogen-bond donors (Lipinski definition) is 2. The van der Waals surface area contributed by atoms with Gasteiger partial charge >= 0.3 is 0 Å². The van der Waals surface area contributed by atoms with Crippen molar-refractivity contribution in [3.05, 3.63) is 77.9 Å². The number of fused-ring (bicyclic) bond motifs is 1. The van der Waals surface area contributed by atoms with Crippen LogP contribution < -0.4 is 10.6 Å². The first-order chi connectivity index (χ1) is 13.2. The van der Waals surface area contributed by atoms with Crippen LogP contribution in [0, 0.1) is 0 Å². The van der Waals surface area contributed by atoms with Crippen LogP contribution in [0.5, 0.6) is 0 Å². The molecule has 0 atom stereocenters. The van der Waals surface area contributed by atoms with E-state index in [1.807, 2.05) is 54.6 Å². The van der Waals surface area contributed by atoms with Crippen LogP contribution in [-0.2, 0) is 22.4 Å². The highest BCUT2D eigenvalue weighted by Gasteiger charge is 2.23. The van der Waals surface area contributed by atoms with E-state index in [1.54, 1.807) is 0 Å². The van der Waals surface area contributed by atoms with Crippen molar-refractivity contribution in [3.8, 4) is 0 Å². The predicted molar refractivity (Wildman–Crippen MR) is 108 cm³/mol. The highest BCUT2D eigenvalue weighted by molar-refractivity contribution is 5.96. The van der Waals surface area contributed by atoms with Crippen LogP contribution in [0.15, 0.2) is 66.7 Å². The fourth-order valence-electron chi connectivity index (χ4n) is 3.22. The zero-order valence-corrected chi connectivity index (χ0v) is 15.1. The fraction of sp³-hybridized carbons (Fsp3) is 0.217. The van der Waals surface area contributed by atoms with E-state index in [-0.39, 0.29) is 11.8 Å². The minimum absolute atomic E-state index is 0.0504. The van der Waals surface area contributed by atoms with Crippen LogP contribution in [0.3, 0.4) is 0 Å². The first kappa shape index (κ1) is 17.3. The zero-order chi connectivity index (χ0) is 18.6. The summed E-state index contributed by atoms with van der Waals surface area (Å²) in [6.07, 6.45) is 2.88. The molecule has 27 heavy (non-hydrogen) atoms. The molecule has 0 unspecified atom stereocenters. The van der Waals surface area contributed by atoms with Crippen molar-refractivity contribution in [2.24, 2.45) is 0 Å². The second kappa shape index (κ2) is 7.62. The summed E-state index contributed by atoms with van der Waals surface area (Å²) in [5, 5.41) is 8.16. The van der Waals surface area contributed by atoms with Gasteiger partial charge in [-0.1, -0.05) is 54.6 Å². The Morgan fingerprint density at radius 3 is 2.33 bits per heavy atom. The van der Waals surface area contributed by atoms with Crippen LogP contribution >= 0.6 is 0 Å². The van der Waals surface area contributed by atoms with Crippen LogP contribution in [0.25, 0.3) is 10.8 Å². The van der Waals surface area contributed by atoms with Gasteiger partial charge in [-0.05, 0) is 46.9 Å². The molecule has 1 aliphatic rings. The Hall–Kier alpha value is -3.14. The number of carbonyl (C=O) groups is 2. The molecule has 1 saturated carbocycles. The SMILES string of the molecule is O=C(Cc1cccc2ccccc12)Nc1ccc(CC(=O)NC2CC2)cc1. The Morgan fingerprint density at radius 1 is 0.815 bits per heavy atom. The van der Waals surface area contributed by atoms with Gasteiger partial charge in [0.05, 0.1) is 12.8 Å². The molecule has 0 spiro atoms. The standard InChI is InChI=1S/C23H22N2O2/c26-22(24-20-12-13-20)14-16-8-10-19(11-9-16)25-23(27)15-18-6-3-5-17-4-1-2-7-21(17)18/h1-11,20H,12-15H2,(H,24,26)(H,25,27). The molecule has 0 aliphatic heterocycles. The Balaban J connectivity index is 1.36. The van der Waals surface area contributed by atoms with Gasteiger partial charge in [-0.2, -0.15) is 0 Å². The molecule has 2 amide bonds. The number of carbonyl (C=O) groups excluding carboxylic acids is 2. The molecular formula is C23H22N2O2. The number of anilines is 1. The van der Waals surface area contributed by atoms with Gasteiger partial charge in [0.15, 0.2) is 0 Å². The fourth-order valence-corrected chi connectivity index (χ4v) is 3.22. The molecule has 0 saturated heterocycles. The lowest BCUT2D eigenvalue weighted by Gasteiger charge is -2.09. The molecule has 0 heterocycles. The topological polar surface area (TPSA) is 58.2 Å². The van der Waals surface area contributed by atoms with Gasteiger partial charge < -0.3 is 10.6 Å². The Morgan fingerprint density at radius 2 is 1.56 bits per heavy atom. The van der Waals surface area contributed by atoms with Crippen LogP contribution in [0.2, 0.25) is 0 Å². The minimum Gasteiger partial charge on any atom is -0.353 e. The third kappa shape index (κ3) is 4.53. The second-order valence-electron chi connectivity index (χ2n) is 7.08. The minimum atomic E-state index is -0.0504. The summed E-state index contributed by atoms with van der Waals surface area (Å²) in [6, 6.07) is 22.0. The lowest BCUT2D eigenvalue weighted by Crippen LogP contribution is -2.26. The molecular weight excluding hydrogens is 336 g/mol. The van der Waals surface area contributed by atoms with Gasteiger partial charge in [-0.3, -0.25) is 9.59 Å². The molecule has 1 fully saturated rings. The zero-order valence-electron chi connectivity index (χ0n) is 15.1. The first-order valence-corrected chi connectivity index (χ1v) is 9.32. The number of hydrogen-bond acceptors (Lipinski definition) is 2. The molecule has 1 aliphatic carbocycles. The summed E-state index contributed by atoms with van der Waals surface area (Å²) in [5.74, 6) is 0.0100. The van der Waals surface area contributed by atoms with E-state index in [4.69, 9.17) is 0 Å². The molecule has 3 aromatic carbocycles. The summed E-state index contributed by atoms with van der Waals surface area (Å²) in [4.78, 5) is 24.3. The van der Waals surface area contributed by atoms with Gasteiger partial charge in [-0.15, -0.1) is 0 Å². The normalized spacial score (nSPS) is 13.3. The highest BCUT2D eigenvalue weighted by Crippen LogP contribution is 2.20. The molecule has 0 aromatic heterocycles. The van der Waals surface area contributed by atoms with Crippen LogP contribution in [-0.4, -0.2) is 17.9 Å². The van der Waals surface area contributed by atoms with Crippen molar-refractivity contribution >= 4 is 28.3 Å². The van der Waals surface area contributed by atoms with E-state index in [0.717, 1.165) is 40.4 Å². The average Bonchev–Trinajstić information content (AvgIpc) is 3.47. The Bertz CT molecular complexity index is 970. The van der Waals surface area contributed by atoms with Crippen LogP contribution in [0.1, 0.15) is 24.0 Å². The third-order valence-electron chi connectivity index (χ3n) is 4.78. The van der Waals surface area contributed by atoms with Crippen molar-refractivity contribution in [3.63, 3.8) is 0 Å². The monoisotopic (exact) mass is 358 g/mol. The largest absolute Gasteiger partial charge is 0.353 e. The average molecular weight is 358 g/mol. The molecule has 4 nitrogen and oxygen atoms in total. The molecule has 0 radical (unpaired) electrons. The van der Waals surface area contributed by atoms with Gasteiger partial charge in [0, 0.05) is 11.7 Å². The summed E-state index contributed by atoms with van der Waals surface area (Å²) >= 11 is 0. The lowest BCUT2D eigenvalue weighted by molar-refractivity contribution is -0.120. The van der Waals surface area contributed by atoms with Crippen molar-refractivity contribution in [2.75, 3.05) is 5.32 Å². The Labute approximate surface area is 158 Å². The summed E-state index contributed by atoms with van der Waals surface area (Å²) in [7, 11) is 0. The van der Waals surface area contributed by atoms with Crippen molar-refractivity contribution in [1.29, 1.82) is 0 Å². The molecule has 3 aromatic rings. The number of nitrogens with one attached hydrogen (secondary N) is 2. The van der Waals surface area contributed by atoms with Crippen LogP contribution in [0.4, 0.5) is 5.69 Å². The maximum atomic E-state index is 12.4. The Kier molecular flexibility index (Phi) is 4.88. The van der Waals surface area contributed by atoms with Gasteiger partial charge in [0.2, 0.25) is 11.8 Å². The maximum absolute atomic E-state index is 12.4. The number of amides is 2. The van der Waals surface area contributed by atoms with E-state index in [1.165, 1.54) is 0 Å². The lowest BCUT2D eigenvalue weighted by atomic mass is 10.0. The number of rotatable bonds is 6. The molecule has 4 rings (SSSR count). The predicted octanol–water partition coefficient (Wildman–Crippen LogP) is 3.84. The van der Waals surface area contributed by atoms with E-state index in [9.17, 15) is 9.59 Å². The van der Waals surface area contributed by atoms with Gasteiger partial charge in [0.25, 0.3) is 0 Å². The van der Waals surface area contributed by atoms with Crippen molar-refractivity contribution in [1.82, 2.24) is 5.32 Å².